The minimum atomic E-state index is -0.186. The lowest BCUT2D eigenvalue weighted by atomic mass is 9.86. The van der Waals surface area contributed by atoms with Gasteiger partial charge in [-0.1, -0.05) is 12.1 Å². The van der Waals surface area contributed by atoms with Crippen molar-refractivity contribution in [1.29, 1.82) is 0 Å². The molecule has 2 aromatic carbocycles. The SMILES string of the molecule is Cc1c(C)c(C)c(-c2ccc(F)cc2)c(C)c1C. The van der Waals surface area contributed by atoms with Gasteiger partial charge in [0.1, 0.15) is 5.82 Å². The van der Waals surface area contributed by atoms with Gasteiger partial charge in [0, 0.05) is 0 Å². The molecule has 94 valence electrons. The first-order chi connectivity index (χ1) is 8.43. The summed E-state index contributed by atoms with van der Waals surface area (Å²) in [5.41, 5.74) is 8.95. The minimum absolute atomic E-state index is 0.186. The Hall–Kier alpha value is -1.63. The maximum absolute atomic E-state index is 13.0. The molecule has 0 aliphatic heterocycles. The summed E-state index contributed by atoms with van der Waals surface area (Å²) in [6.07, 6.45) is 0. The molecule has 2 aromatic rings. The second-order valence-electron chi connectivity index (χ2n) is 5.01. The Bertz CT molecular complexity index is 563. The zero-order valence-corrected chi connectivity index (χ0v) is 11.7. The van der Waals surface area contributed by atoms with Crippen LogP contribution in [0.3, 0.4) is 0 Å². The van der Waals surface area contributed by atoms with Gasteiger partial charge < -0.3 is 0 Å². The van der Waals surface area contributed by atoms with E-state index in [9.17, 15) is 4.39 Å². The molecule has 0 N–H and O–H groups in total. The second-order valence-corrected chi connectivity index (χ2v) is 5.01. The number of benzene rings is 2. The third-order valence-electron chi connectivity index (χ3n) is 4.13. The molecular formula is C17H19F. The Balaban J connectivity index is 2.75. The average Bonchev–Trinajstić information content (AvgIpc) is 2.36. The zero-order valence-electron chi connectivity index (χ0n) is 11.7. The molecule has 2 rings (SSSR count). The predicted octanol–water partition coefficient (Wildman–Crippen LogP) is 5.03. The highest BCUT2D eigenvalue weighted by Gasteiger charge is 2.13. The molecule has 0 aliphatic carbocycles. The fourth-order valence-corrected chi connectivity index (χ4v) is 2.55. The van der Waals surface area contributed by atoms with Gasteiger partial charge in [-0.3, -0.25) is 0 Å². The van der Waals surface area contributed by atoms with Crippen LogP contribution < -0.4 is 0 Å². The standard InChI is InChI=1S/C17H19F/c1-10-11(2)13(4)17(14(5)12(10)3)15-6-8-16(18)9-7-15/h6-9H,1-5H3. The molecule has 0 radical (unpaired) electrons. The molecule has 18 heavy (non-hydrogen) atoms. The summed E-state index contributed by atoms with van der Waals surface area (Å²) in [4.78, 5) is 0. The fourth-order valence-electron chi connectivity index (χ4n) is 2.55. The summed E-state index contributed by atoms with van der Waals surface area (Å²) in [7, 11) is 0. The highest BCUT2D eigenvalue weighted by Crippen LogP contribution is 2.33. The van der Waals surface area contributed by atoms with E-state index in [2.05, 4.69) is 34.6 Å². The molecule has 0 saturated heterocycles. The monoisotopic (exact) mass is 242 g/mol. The van der Waals surface area contributed by atoms with Crippen molar-refractivity contribution in [2.45, 2.75) is 34.6 Å². The first kappa shape index (κ1) is 12.8. The van der Waals surface area contributed by atoms with Crippen LogP contribution in [0.2, 0.25) is 0 Å². The van der Waals surface area contributed by atoms with Crippen LogP contribution in [-0.2, 0) is 0 Å². The van der Waals surface area contributed by atoms with Gasteiger partial charge in [-0.25, -0.2) is 4.39 Å². The van der Waals surface area contributed by atoms with Crippen LogP contribution in [0.25, 0.3) is 11.1 Å². The number of halogens is 1. The van der Waals surface area contributed by atoms with Crippen LogP contribution >= 0.6 is 0 Å². The summed E-state index contributed by atoms with van der Waals surface area (Å²) in [5, 5.41) is 0. The lowest BCUT2D eigenvalue weighted by Crippen LogP contribution is -1.99. The molecule has 0 saturated carbocycles. The average molecular weight is 242 g/mol. The largest absolute Gasteiger partial charge is 0.207 e. The van der Waals surface area contributed by atoms with Gasteiger partial charge in [-0.15, -0.1) is 0 Å². The smallest absolute Gasteiger partial charge is 0.123 e. The summed E-state index contributed by atoms with van der Waals surface area (Å²) in [6.45, 7) is 10.8. The van der Waals surface area contributed by atoms with E-state index >= 15 is 0 Å². The molecule has 0 atom stereocenters. The van der Waals surface area contributed by atoms with Crippen LogP contribution in [0.4, 0.5) is 4.39 Å². The highest BCUT2D eigenvalue weighted by atomic mass is 19.1. The Morgan fingerprint density at radius 1 is 0.611 bits per heavy atom. The van der Waals surface area contributed by atoms with E-state index in [-0.39, 0.29) is 5.82 Å². The quantitative estimate of drug-likeness (QED) is 0.657. The van der Waals surface area contributed by atoms with Crippen molar-refractivity contribution in [2.75, 3.05) is 0 Å². The molecule has 0 aliphatic rings. The Morgan fingerprint density at radius 3 is 1.44 bits per heavy atom. The first-order valence-corrected chi connectivity index (χ1v) is 6.26. The molecule has 0 unspecified atom stereocenters. The van der Waals surface area contributed by atoms with Crippen LogP contribution in [0.5, 0.6) is 0 Å². The maximum Gasteiger partial charge on any atom is 0.123 e. The molecule has 1 heteroatoms. The molecule has 0 amide bonds. The van der Waals surface area contributed by atoms with Crippen molar-refractivity contribution in [3.63, 3.8) is 0 Å². The van der Waals surface area contributed by atoms with Crippen molar-refractivity contribution in [1.82, 2.24) is 0 Å². The molecule has 0 fully saturated rings. The number of rotatable bonds is 1. The first-order valence-electron chi connectivity index (χ1n) is 6.26. The summed E-state index contributed by atoms with van der Waals surface area (Å²) < 4.78 is 13.0. The number of hydrogen-bond acceptors (Lipinski definition) is 0. The van der Waals surface area contributed by atoms with Crippen molar-refractivity contribution >= 4 is 0 Å². The summed E-state index contributed by atoms with van der Waals surface area (Å²) in [6, 6.07) is 6.77. The van der Waals surface area contributed by atoms with Gasteiger partial charge in [0.25, 0.3) is 0 Å². The van der Waals surface area contributed by atoms with E-state index < -0.39 is 0 Å². The molecular weight excluding hydrogens is 223 g/mol. The molecule has 0 aromatic heterocycles. The molecule has 0 spiro atoms. The third kappa shape index (κ3) is 1.94. The van der Waals surface area contributed by atoms with Crippen molar-refractivity contribution in [3.05, 3.63) is 57.9 Å². The maximum atomic E-state index is 13.0. The van der Waals surface area contributed by atoms with Gasteiger partial charge in [0.15, 0.2) is 0 Å². The molecule has 0 heterocycles. The normalized spacial score (nSPS) is 10.8. The van der Waals surface area contributed by atoms with E-state index in [0.717, 1.165) is 5.56 Å². The van der Waals surface area contributed by atoms with Gasteiger partial charge in [-0.2, -0.15) is 0 Å². The zero-order chi connectivity index (χ0) is 13.4. The van der Waals surface area contributed by atoms with Gasteiger partial charge in [-0.05, 0) is 85.7 Å². The number of hydrogen-bond donors (Lipinski definition) is 0. The van der Waals surface area contributed by atoms with E-state index in [4.69, 9.17) is 0 Å². The van der Waals surface area contributed by atoms with Crippen LogP contribution in [0.15, 0.2) is 24.3 Å². The van der Waals surface area contributed by atoms with Crippen molar-refractivity contribution < 1.29 is 4.39 Å². The Labute approximate surface area is 108 Å². The fraction of sp³-hybridized carbons (Fsp3) is 0.294. The third-order valence-corrected chi connectivity index (χ3v) is 4.13. The lowest BCUT2D eigenvalue weighted by molar-refractivity contribution is 0.628. The van der Waals surface area contributed by atoms with Crippen LogP contribution in [0.1, 0.15) is 27.8 Å². The minimum Gasteiger partial charge on any atom is -0.207 e. The van der Waals surface area contributed by atoms with Gasteiger partial charge >= 0.3 is 0 Å². The van der Waals surface area contributed by atoms with E-state index in [1.165, 1.54) is 45.5 Å². The molecule has 0 bridgehead atoms. The Morgan fingerprint density at radius 2 is 1.00 bits per heavy atom. The second kappa shape index (κ2) is 4.56. The highest BCUT2D eigenvalue weighted by molar-refractivity contribution is 5.74. The summed E-state index contributed by atoms with van der Waals surface area (Å²) >= 11 is 0. The van der Waals surface area contributed by atoms with E-state index in [1.807, 2.05) is 12.1 Å². The van der Waals surface area contributed by atoms with Crippen molar-refractivity contribution in [2.24, 2.45) is 0 Å². The predicted molar refractivity (Wildman–Crippen MR) is 75.5 cm³/mol. The van der Waals surface area contributed by atoms with Crippen LogP contribution in [0, 0.1) is 40.4 Å². The molecule has 0 nitrogen and oxygen atoms in total. The van der Waals surface area contributed by atoms with E-state index in [0.29, 0.717) is 0 Å². The van der Waals surface area contributed by atoms with Crippen molar-refractivity contribution in [3.8, 4) is 11.1 Å². The topological polar surface area (TPSA) is 0 Å². The lowest BCUT2D eigenvalue weighted by Gasteiger charge is -2.18. The van der Waals surface area contributed by atoms with Gasteiger partial charge in [0.2, 0.25) is 0 Å². The van der Waals surface area contributed by atoms with Gasteiger partial charge in [0.05, 0.1) is 0 Å². The summed E-state index contributed by atoms with van der Waals surface area (Å²) in [5.74, 6) is -0.186. The Kier molecular flexibility index (Phi) is 3.25. The van der Waals surface area contributed by atoms with Crippen LogP contribution in [-0.4, -0.2) is 0 Å². The van der Waals surface area contributed by atoms with E-state index in [1.54, 1.807) is 0 Å².